The van der Waals surface area contributed by atoms with Gasteiger partial charge in [0, 0.05) is 18.8 Å². The molecule has 132 valence electrons. The number of hydrogen-bond acceptors (Lipinski definition) is 4. The van der Waals surface area contributed by atoms with E-state index in [1.54, 1.807) is 0 Å². The second-order valence-electron chi connectivity index (χ2n) is 6.06. The Hall–Kier alpha value is -2.24. The fourth-order valence-corrected chi connectivity index (χ4v) is 2.89. The molecule has 25 heavy (non-hydrogen) atoms. The summed E-state index contributed by atoms with van der Waals surface area (Å²) in [5.74, 6) is 0.927. The van der Waals surface area contributed by atoms with Gasteiger partial charge in [-0.1, -0.05) is 30.3 Å². The molecular formula is C20H25N3O2. The maximum Gasteiger partial charge on any atom is 0.136 e. The fraction of sp³-hybridized carbons (Fsp3) is 0.400. The third kappa shape index (κ3) is 4.06. The van der Waals surface area contributed by atoms with Crippen LogP contribution in [0.15, 0.2) is 36.5 Å². The third-order valence-electron chi connectivity index (χ3n) is 4.36. The Bertz CT molecular complexity index is 828. The second kappa shape index (κ2) is 8.23. The fourth-order valence-electron chi connectivity index (χ4n) is 2.89. The highest BCUT2D eigenvalue weighted by Crippen LogP contribution is 2.22. The van der Waals surface area contributed by atoms with Crippen molar-refractivity contribution >= 4 is 11.0 Å². The first-order valence-corrected chi connectivity index (χ1v) is 8.71. The molecule has 0 fully saturated rings. The summed E-state index contributed by atoms with van der Waals surface area (Å²) in [6.07, 6.45) is 1.84. The van der Waals surface area contributed by atoms with Gasteiger partial charge in [0.05, 0.1) is 24.9 Å². The number of nitrogens with zero attached hydrogens (tertiary/aromatic N) is 3. The van der Waals surface area contributed by atoms with E-state index in [9.17, 15) is 0 Å². The zero-order chi connectivity index (χ0) is 17.6. The molecule has 0 saturated heterocycles. The molecule has 1 aromatic carbocycles. The van der Waals surface area contributed by atoms with E-state index in [0.29, 0.717) is 26.4 Å². The number of pyridine rings is 1. The summed E-state index contributed by atoms with van der Waals surface area (Å²) < 4.78 is 13.7. The molecule has 0 N–H and O–H groups in total. The van der Waals surface area contributed by atoms with Crippen LogP contribution in [0, 0.1) is 13.8 Å². The van der Waals surface area contributed by atoms with E-state index in [1.807, 2.05) is 38.2 Å². The molecule has 2 heterocycles. The molecule has 5 nitrogen and oxygen atoms in total. The van der Waals surface area contributed by atoms with Gasteiger partial charge in [-0.3, -0.25) is 4.98 Å². The second-order valence-corrected chi connectivity index (χ2v) is 6.06. The molecular weight excluding hydrogens is 314 g/mol. The molecule has 3 aromatic rings. The number of benzene rings is 1. The minimum atomic E-state index is 0.502. The van der Waals surface area contributed by atoms with Gasteiger partial charge in [0.2, 0.25) is 0 Å². The molecule has 0 spiro atoms. The first-order chi connectivity index (χ1) is 12.2. The molecule has 0 radical (unpaired) electrons. The standard InChI is InChI=1S/C20H25N3O2/c1-4-24-14-19-22-18-12-21-16(3)15(2)20(18)23(19)10-11-25-13-17-8-6-5-7-9-17/h5-9,12H,4,10-11,13-14H2,1-3H3. The topological polar surface area (TPSA) is 49.2 Å². The molecule has 0 aliphatic heterocycles. The number of rotatable bonds is 8. The Labute approximate surface area is 148 Å². The van der Waals surface area contributed by atoms with Crippen LogP contribution in [0.3, 0.4) is 0 Å². The van der Waals surface area contributed by atoms with Crippen LogP contribution >= 0.6 is 0 Å². The molecule has 0 aliphatic carbocycles. The summed E-state index contributed by atoms with van der Waals surface area (Å²) in [7, 11) is 0. The predicted octanol–water partition coefficient (Wildman–Crippen LogP) is 3.80. The van der Waals surface area contributed by atoms with Gasteiger partial charge >= 0.3 is 0 Å². The van der Waals surface area contributed by atoms with Crippen molar-refractivity contribution in [2.45, 2.75) is 40.5 Å². The molecule has 5 heteroatoms. The van der Waals surface area contributed by atoms with Crippen LogP contribution in [0.4, 0.5) is 0 Å². The quantitative estimate of drug-likeness (QED) is 0.586. The van der Waals surface area contributed by atoms with E-state index >= 15 is 0 Å². The van der Waals surface area contributed by atoms with Crippen LogP contribution in [0.25, 0.3) is 11.0 Å². The van der Waals surface area contributed by atoms with Gasteiger partial charge in [0.15, 0.2) is 0 Å². The number of ether oxygens (including phenoxy) is 2. The normalized spacial score (nSPS) is 11.3. The van der Waals surface area contributed by atoms with Crippen LogP contribution in [-0.4, -0.2) is 27.7 Å². The number of aromatic nitrogens is 3. The molecule has 0 unspecified atom stereocenters. The summed E-state index contributed by atoms with van der Waals surface area (Å²) in [4.78, 5) is 9.14. The maximum atomic E-state index is 5.87. The van der Waals surface area contributed by atoms with Crippen LogP contribution in [0.5, 0.6) is 0 Å². The first-order valence-electron chi connectivity index (χ1n) is 8.71. The highest BCUT2D eigenvalue weighted by Gasteiger charge is 2.14. The van der Waals surface area contributed by atoms with Crippen molar-refractivity contribution in [1.29, 1.82) is 0 Å². The summed E-state index contributed by atoms with van der Waals surface area (Å²) >= 11 is 0. The lowest BCUT2D eigenvalue weighted by Crippen LogP contribution is -2.11. The van der Waals surface area contributed by atoms with Crippen molar-refractivity contribution in [3.05, 3.63) is 59.2 Å². The third-order valence-corrected chi connectivity index (χ3v) is 4.36. The van der Waals surface area contributed by atoms with Gasteiger partial charge in [-0.15, -0.1) is 0 Å². The van der Waals surface area contributed by atoms with Crippen LogP contribution in [-0.2, 0) is 29.2 Å². The molecule has 0 saturated carbocycles. The lowest BCUT2D eigenvalue weighted by molar-refractivity contribution is 0.105. The molecule has 2 aromatic heterocycles. The number of aryl methyl sites for hydroxylation is 2. The molecule has 3 rings (SSSR count). The van der Waals surface area contributed by atoms with E-state index in [0.717, 1.165) is 34.7 Å². The molecule has 0 aliphatic rings. The molecule has 0 bridgehead atoms. The van der Waals surface area contributed by atoms with E-state index in [-0.39, 0.29) is 0 Å². The lowest BCUT2D eigenvalue weighted by atomic mass is 10.2. The summed E-state index contributed by atoms with van der Waals surface area (Å²) in [6.45, 7) is 9.28. The smallest absolute Gasteiger partial charge is 0.136 e. The molecule has 0 amide bonds. The minimum Gasteiger partial charge on any atom is -0.375 e. The van der Waals surface area contributed by atoms with Gasteiger partial charge in [-0.05, 0) is 31.9 Å². The van der Waals surface area contributed by atoms with Gasteiger partial charge in [-0.2, -0.15) is 0 Å². The maximum absolute atomic E-state index is 5.87. The minimum absolute atomic E-state index is 0.502. The average molecular weight is 339 g/mol. The van der Waals surface area contributed by atoms with Crippen molar-refractivity contribution in [3.63, 3.8) is 0 Å². The Kier molecular flexibility index (Phi) is 5.79. The first kappa shape index (κ1) is 17.6. The van der Waals surface area contributed by atoms with Crippen molar-refractivity contribution in [1.82, 2.24) is 14.5 Å². The van der Waals surface area contributed by atoms with Gasteiger partial charge in [0.1, 0.15) is 17.9 Å². The van der Waals surface area contributed by atoms with E-state index in [4.69, 9.17) is 14.5 Å². The van der Waals surface area contributed by atoms with Gasteiger partial charge in [-0.25, -0.2) is 4.98 Å². The highest BCUT2D eigenvalue weighted by molar-refractivity contribution is 5.79. The highest BCUT2D eigenvalue weighted by atomic mass is 16.5. The largest absolute Gasteiger partial charge is 0.375 e. The average Bonchev–Trinajstić information content (AvgIpc) is 2.99. The predicted molar refractivity (Wildman–Crippen MR) is 98.4 cm³/mol. The Morgan fingerprint density at radius 3 is 2.60 bits per heavy atom. The van der Waals surface area contributed by atoms with E-state index in [2.05, 4.69) is 28.6 Å². The van der Waals surface area contributed by atoms with Gasteiger partial charge in [0.25, 0.3) is 0 Å². The van der Waals surface area contributed by atoms with E-state index < -0.39 is 0 Å². The Morgan fingerprint density at radius 1 is 1.04 bits per heavy atom. The van der Waals surface area contributed by atoms with Crippen molar-refractivity contribution in [3.8, 4) is 0 Å². The Balaban J connectivity index is 1.76. The number of fused-ring (bicyclic) bond motifs is 1. The summed E-state index contributed by atoms with van der Waals surface area (Å²) in [5, 5.41) is 0. The van der Waals surface area contributed by atoms with E-state index in [1.165, 1.54) is 5.56 Å². The van der Waals surface area contributed by atoms with Crippen molar-refractivity contribution in [2.75, 3.05) is 13.2 Å². The van der Waals surface area contributed by atoms with Crippen LogP contribution in [0.2, 0.25) is 0 Å². The van der Waals surface area contributed by atoms with Crippen LogP contribution < -0.4 is 0 Å². The zero-order valence-electron chi connectivity index (χ0n) is 15.2. The lowest BCUT2D eigenvalue weighted by Gasteiger charge is -2.12. The van der Waals surface area contributed by atoms with Crippen molar-refractivity contribution in [2.24, 2.45) is 0 Å². The number of imidazole rings is 1. The monoisotopic (exact) mass is 339 g/mol. The van der Waals surface area contributed by atoms with Gasteiger partial charge < -0.3 is 14.0 Å². The Morgan fingerprint density at radius 2 is 1.84 bits per heavy atom. The number of hydrogen-bond donors (Lipinski definition) is 0. The SMILES string of the molecule is CCOCc1nc2cnc(C)c(C)c2n1CCOCc1ccccc1. The van der Waals surface area contributed by atoms with Crippen molar-refractivity contribution < 1.29 is 9.47 Å². The summed E-state index contributed by atoms with van der Waals surface area (Å²) in [6, 6.07) is 10.2. The zero-order valence-corrected chi connectivity index (χ0v) is 15.2. The van der Waals surface area contributed by atoms with Crippen LogP contribution in [0.1, 0.15) is 29.6 Å². The summed E-state index contributed by atoms with van der Waals surface area (Å²) in [5.41, 5.74) is 5.42. The molecule has 0 atom stereocenters.